The Morgan fingerprint density at radius 3 is 1.46 bits per heavy atom. The van der Waals surface area contributed by atoms with Crippen molar-refractivity contribution in [2.75, 3.05) is 0 Å². The van der Waals surface area contributed by atoms with E-state index in [2.05, 4.69) is 9.47 Å². The highest BCUT2D eigenvalue weighted by Gasteiger charge is 2.81. The molecule has 1 fully saturated rings. The molecule has 1 aliphatic heterocycles. The Morgan fingerprint density at radius 1 is 0.808 bits per heavy atom. The van der Waals surface area contributed by atoms with E-state index in [1.165, 1.54) is 0 Å². The van der Waals surface area contributed by atoms with Crippen LogP contribution in [-0.2, 0) is 14.3 Å². The summed E-state index contributed by atoms with van der Waals surface area (Å²) in [7, 11) is 0. The van der Waals surface area contributed by atoms with Crippen LogP contribution in [0.3, 0.4) is 0 Å². The molecular weight excluding hydrogens is 415 g/mol. The first-order chi connectivity index (χ1) is 11.0. The molecule has 0 saturated carbocycles. The maximum atomic E-state index is 14.0. The van der Waals surface area contributed by atoms with Crippen LogP contribution in [0.15, 0.2) is 0 Å². The molecule has 0 aliphatic carbocycles. The Morgan fingerprint density at radius 2 is 1.19 bits per heavy atom. The van der Waals surface area contributed by atoms with E-state index >= 15 is 0 Å². The van der Waals surface area contributed by atoms with Crippen LogP contribution in [0.4, 0.5) is 57.1 Å². The Labute approximate surface area is 134 Å². The second kappa shape index (κ2) is 5.59. The van der Waals surface area contributed by atoms with Gasteiger partial charge in [0.25, 0.3) is 5.79 Å². The molecule has 0 radical (unpaired) electrons. The van der Waals surface area contributed by atoms with E-state index in [0.717, 1.165) is 0 Å². The Bertz CT molecular complexity index is 562. The van der Waals surface area contributed by atoms with Crippen LogP contribution in [-0.4, -0.2) is 47.7 Å². The average molecular weight is 420 g/mol. The molecule has 3 nitrogen and oxygen atoms in total. The van der Waals surface area contributed by atoms with Crippen LogP contribution in [0.5, 0.6) is 0 Å². The number of hydrogen-bond donors (Lipinski definition) is 0. The summed E-state index contributed by atoms with van der Waals surface area (Å²) in [6.45, 7) is -0.386. The number of ketones is 1. The van der Waals surface area contributed by atoms with E-state index in [0.29, 0.717) is 0 Å². The molecule has 0 aromatic carbocycles. The number of halogens is 13. The summed E-state index contributed by atoms with van der Waals surface area (Å²) in [5.41, 5.74) is -6.84. The molecule has 154 valence electrons. The lowest BCUT2D eigenvalue weighted by Crippen LogP contribution is -2.61. The zero-order chi connectivity index (χ0) is 21.2. The van der Waals surface area contributed by atoms with Gasteiger partial charge >= 0.3 is 36.2 Å². The van der Waals surface area contributed by atoms with E-state index in [1.54, 1.807) is 0 Å². The molecule has 0 spiro atoms. The number of ether oxygens (including phenoxy) is 2. The van der Waals surface area contributed by atoms with Gasteiger partial charge in [0, 0.05) is 0 Å². The van der Waals surface area contributed by atoms with Gasteiger partial charge in [0.15, 0.2) is 5.78 Å². The summed E-state index contributed by atoms with van der Waals surface area (Å²) in [6.07, 6.45) is -29.3. The molecule has 1 aliphatic rings. The smallest absolute Gasteiger partial charge is 0.297 e. The van der Waals surface area contributed by atoms with Gasteiger partial charge < -0.3 is 0 Å². The first-order valence-corrected chi connectivity index (χ1v) is 5.93. The van der Waals surface area contributed by atoms with Crippen LogP contribution < -0.4 is 0 Å². The Hall–Kier alpha value is -1.32. The molecule has 0 aromatic rings. The van der Waals surface area contributed by atoms with Crippen LogP contribution >= 0.6 is 0 Å². The van der Waals surface area contributed by atoms with Gasteiger partial charge in [-0.25, -0.2) is 8.78 Å². The number of rotatable bonds is 3. The topological polar surface area (TPSA) is 35.5 Å². The number of alkyl halides is 13. The highest BCUT2D eigenvalue weighted by Crippen LogP contribution is 2.56. The van der Waals surface area contributed by atoms with Crippen molar-refractivity contribution < 1.29 is 71.3 Å². The van der Waals surface area contributed by atoms with Crippen molar-refractivity contribution in [3.8, 4) is 0 Å². The zero-order valence-electron chi connectivity index (χ0n) is 11.8. The van der Waals surface area contributed by atoms with Crippen molar-refractivity contribution in [3.63, 3.8) is 0 Å². The van der Waals surface area contributed by atoms with Crippen molar-refractivity contribution in [2.45, 2.75) is 55.3 Å². The Kier molecular flexibility index (Phi) is 4.88. The fourth-order valence-electron chi connectivity index (χ4n) is 1.77. The van der Waals surface area contributed by atoms with Crippen LogP contribution in [0.25, 0.3) is 0 Å². The highest BCUT2D eigenvalue weighted by atomic mass is 19.4. The van der Waals surface area contributed by atoms with Gasteiger partial charge in [0.05, 0.1) is 6.42 Å². The van der Waals surface area contributed by atoms with Gasteiger partial charge in [-0.05, 0) is 6.92 Å². The zero-order valence-corrected chi connectivity index (χ0v) is 11.8. The van der Waals surface area contributed by atoms with E-state index in [9.17, 15) is 61.9 Å². The maximum absolute atomic E-state index is 14.0. The van der Waals surface area contributed by atoms with E-state index in [1.807, 2.05) is 0 Å². The first kappa shape index (κ1) is 22.7. The predicted molar refractivity (Wildman–Crippen MR) is 51.0 cm³/mol. The summed E-state index contributed by atoms with van der Waals surface area (Å²) in [5, 5.41) is 0. The second-order valence-electron chi connectivity index (χ2n) is 5.15. The lowest BCUT2D eigenvalue weighted by atomic mass is 9.93. The second-order valence-corrected chi connectivity index (χ2v) is 5.15. The third-order valence-electron chi connectivity index (χ3n) is 3.18. The number of hydrogen-bond acceptors (Lipinski definition) is 3. The molecule has 2 unspecified atom stereocenters. The minimum atomic E-state index is -7.08. The summed E-state index contributed by atoms with van der Waals surface area (Å²) in [5.74, 6) is -13.9. The van der Waals surface area contributed by atoms with Crippen LogP contribution in [0.1, 0.15) is 13.3 Å². The summed E-state index contributed by atoms with van der Waals surface area (Å²) >= 11 is 0. The molecule has 26 heavy (non-hydrogen) atoms. The van der Waals surface area contributed by atoms with Gasteiger partial charge in [-0.2, -0.15) is 48.3 Å². The van der Waals surface area contributed by atoms with Gasteiger partial charge in [-0.15, -0.1) is 0 Å². The minimum Gasteiger partial charge on any atom is -0.297 e. The lowest BCUT2D eigenvalue weighted by molar-refractivity contribution is -0.370. The van der Waals surface area contributed by atoms with Crippen molar-refractivity contribution in [2.24, 2.45) is 0 Å². The largest absolute Gasteiger partial charge is 0.443 e. The lowest BCUT2D eigenvalue weighted by Gasteiger charge is -2.31. The van der Waals surface area contributed by atoms with E-state index in [-0.39, 0.29) is 6.92 Å². The number of carbonyl (C=O) groups excluding carboxylic acids is 1. The van der Waals surface area contributed by atoms with Crippen molar-refractivity contribution >= 4 is 5.78 Å². The van der Waals surface area contributed by atoms with Gasteiger partial charge in [0.1, 0.15) is 0 Å². The molecule has 2 atom stereocenters. The monoisotopic (exact) mass is 420 g/mol. The summed E-state index contributed by atoms with van der Waals surface area (Å²) in [4.78, 5) is 11.1. The fourth-order valence-corrected chi connectivity index (χ4v) is 1.77. The maximum Gasteiger partial charge on any atom is 0.443 e. The summed E-state index contributed by atoms with van der Waals surface area (Å²) in [6, 6.07) is 0. The van der Waals surface area contributed by atoms with Gasteiger partial charge in [-0.3, -0.25) is 14.3 Å². The van der Waals surface area contributed by atoms with E-state index in [4.69, 9.17) is 0 Å². The third kappa shape index (κ3) is 3.20. The van der Waals surface area contributed by atoms with Crippen molar-refractivity contribution in [1.29, 1.82) is 0 Å². The summed E-state index contributed by atoms with van der Waals surface area (Å²) < 4.78 is 171. The first-order valence-electron chi connectivity index (χ1n) is 5.93. The van der Waals surface area contributed by atoms with E-state index < -0.39 is 54.2 Å². The minimum absolute atomic E-state index is 0.386. The van der Waals surface area contributed by atoms with Crippen LogP contribution in [0, 0.1) is 0 Å². The van der Waals surface area contributed by atoms with Crippen LogP contribution in [0.2, 0.25) is 0 Å². The number of carbonyl (C=O) groups is 1. The van der Waals surface area contributed by atoms with Crippen molar-refractivity contribution in [1.82, 2.24) is 0 Å². The van der Waals surface area contributed by atoms with Crippen molar-refractivity contribution in [3.05, 3.63) is 0 Å². The molecule has 1 saturated heterocycles. The average Bonchev–Trinajstić information content (AvgIpc) is 2.50. The molecular formula is C10H5F13O3. The quantitative estimate of drug-likeness (QED) is 0.637. The Balaban J connectivity index is 3.34. The van der Waals surface area contributed by atoms with Gasteiger partial charge in [-0.1, -0.05) is 0 Å². The molecule has 0 aromatic heterocycles. The highest BCUT2D eigenvalue weighted by molar-refractivity contribution is 5.90. The predicted octanol–water partition coefficient (Wildman–Crippen LogP) is 4.36. The molecule has 0 amide bonds. The number of Topliss-reactive ketones (excluding diaryl/α,β-unsaturated/α-hetero) is 1. The molecule has 1 rings (SSSR count). The normalized spacial score (nSPS) is 30.5. The molecule has 0 bridgehead atoms. The van der Waals surface area contributed by atoms with Gasteiger partial charge in [0.2, 0.25) is 0 Å². The molecule has 16 heteroatoms. The SMILES string of the molecule is CC1(C(F)(F)F)OC(F)(F)C(F)(CC(=O)C(F)(C(F)(F)F)C(F)(F)F)O1. The fraction of sp³-hybridized carbons (Fsp3) is 0.900. The molecule has 0 N–H and O–H groups in total. The molecule has 1 heterocycles. The third-order valence-corrected chi connectivity index (χ3v) is 3.18. The standard InChI is InChI=1S/C10H5F13O3/c1-4(7(13,14)15)25-5(11,10(22,23)26-4)2-3(24)6(12,8(16,17)18)9(19,20)21/h2H2,1H3.